The highest BCUT2D eigenvalue weighted by atomic mass is 16.5. The molecule has 2 aliphatic heterocycles. The Labute approximate surface area is 234 Å². The fourth-order valence-electron chi connectivity index (χ4n) is 6.08. The van der Waals surface area contributed by atoms with Gasteiger partial charge < -0.3 is 20.1 Å². The number of anilines is 1. The summed E-state index contributed by atoms with van der Waals surface area (Å²) >= 11 is 0. The second-order valence-electron chi connectivity index (χ2n) is 11.1. The van der Waals surface area contributed by atoms with Crippen molar-refractivity contribution in [3.63, 3.8) is 0 Å². The number of hydrogen-bond acceptors (Lipinski definition) is 7. The number of ether oxygens (including phenoxy) is 2. The molecule has 0 bridgehead atoms. The number of aromatic nitrogens is 3. The smallest absolute Gasteiger partial charge is 0.220 e. The highest BCUT2D eigenvalue weighted by Crippen LogP contribution is 2.31. The minimum Gasteiger partial charge on any atom is -0.383 e. The SMILES string of the molecule is CCc1nc2c(cnn2CC)c(NC2CCOCC2)c1CNC(=O)CCCCCCCN1CCC[C@@H]1COC. The van der Waals surface area contributed by atoms with Crippen LogP contribution in [0.25, 0.3) is 11.0 Å². The first kappa shape index (κ1) is 29.7. The third-order valence-electron chi connectivity index (χ3n) is 8.35. The topological polar surface area (TPSA) is 93.5 Å². The first-order chi connectivity index (χ1) is 19.1. The summed E-state index contributed by atoms with van der Waals surface area (Å²) in [6, 6.07) is 0.961. The van der Waals surface area contributed by atoms with Crippen LogP contribution < -0.4 is 10.6 Å². The molecule has 9 heteroatoms. The predicted molar refractivity (Wildman–Crippen MR) is 156 cm³/mol. The Balaban J connectivity index is 1.26. The first-order valence-electron chi connectivity index (χ1n) is 15.4. The number of carbonyl (C=O) groups is 1. The van der Waals surface area contributed by atoms with Crippen molar-refractivity contribution in [1.29, 1.82) is 0 Å². The Morgan fingerprint density at radius 1 is 1.13 bits per heavy atom. The summed E-state index contributed by atoms with van der Waals surface area (Å²) in [5, 5.41) is 12.6. The van der Waals surface area contributed by atoms with Gasteiger partial charge in [-0.3, -0.25) is 9.69 Å². The zero-order chi connectivity index (χ0) is 27.5. The molecule has 2 saturated heterocycles. The second kappa shape index (κ2) is 15.5. The van der Waals surface area contributed by atoms with Crippen molar-refractivity contribution in [2.24, 2.45) is 0 Å². The fraction of sp³-hybridized carbons (Fsp3) is 0.767. The number of carbonyl (C=O) groups excluding carboxylic acids is 1. The molecule has 0 unspecified atom stereocenters. The first-order valence-corrected chi connectivity index (χ1v) is 15.4. The van der Waals surface area contributed by atoms with E-state index in [4.69, 9.17) is 14.5 Å². The summed E-state index contributed by atoms with van der Waals surface area (Å²) in [5.74, 6) is 0.123. The van der Waals surface area contributed by atoms with Gasteiger partial charge in [0.05, 0.1) is 23.9 Å². The van der Waals surface area contributed by atoms with Gasteiger partial charge in [-0.05, 0) is 65.0 Å². The monoisotopic (exact) mass is 542 g/mol. The van der Waals surface area contributed by atoms with Crippen LogP contribution in [0.4, 0.5) is 5.69 Å². The number of hydrogen-bond donors (Lipinski definition) is 2. The maximum atomic E-state index is 12.8. The molecule has 0 saturated carbocycles. The van der Waals surface area contributed by atoms with Gasteiger partial charge in [-0.25, -0.2) is 9.67 Å². The predicted octanol–water partition coefficient (Wildman–Crippen LogP) is 4.67. The number of rotatable bonds is 16. The molecule has 2 aliphatic rings. The minimum atomic E-state index is 0.123. The van der Waals surface area contributed by atoms with Gasteiger partial charge in [0.1, 0.15) is 0 Å². The number of methoxy groups -OCH3 is 1. The van der Waals surface area contributed by atoms with Crippen molar-refractivity contribution < 1.29 is 14.3 Å². The molecule has 2 aromatic rings. The Bertz CT molecular complexity index is 1040. The number of aryl methyl sites for hydroxylation is 2. The molecule has 1 atom stereocenters. The largest absolute Gasteiger partial charge is 0.383 e. The van der Waals surface area contributed by atoms with E-state index >= 15 is 0 Å². The number of nitrogens with zero attached hydrogens (tertiary/aromatic N) is 4. The van der Waals surface area contributed by atoms with E-state index in [1.165, 1.54) is 45.2 Å². The normalized spacial score (nSPS) is 18.7. The molecular weight excluding hydrogens is 492 g/mol. The third kappa shape index (κ3) is 8.14. The zero-order valence-corrected chi connectivity index (χ0v) is 24.5. The van der Waals surface area contributed by atoms with Gasteiger partial charge in [0.25, 0.3) is 0 Å². The molecule has 0 aliphatic carbocycles. The van der Waals surface area contributed by atoms with Crippen LogP contribution in [0, 0.1) is 0 Å². The minimum absolute atomic E-state index is 0.123. The summed E-state index contributed by atoms with van der Waals surface area (Å²) in [5.41, 5.74) is 4.11. The number of nitrogens with one attached hydrogen (secondary N) is 2. The average molecular weight is 543 g/mol. The molecule has 218 valence electrons. The summed E-state index contributed by atoms with van der Waals surface area (Å²) in [6.07, 6.45) is 13.5. The number of unbranched alkanes of at least 4 members (excludes halogenated alkanes) is 4. The van der Waals surface area contributed by atoms with E-state index in [9.17, 15) is 4.79 Å². The standard InChI is InChI=1S/C30H50N6O3/c1-4-27-25(29(33-23-14-18-39-19-15-23)26-21-32-36(5-2)30(26)34-27)20-31-28(37)13-9-7-6-8-10-16-35-17-11-12-24(35)22-38-3/h21,23-24H,4-20,22H2,1-3H3,(H,31,37)(H,33,34)/t24-/m1/s1. The van der Waals surface area contributed by atoms with E-state index in [0.29, 0.717) is 25.0 Å². The fourth-order valence-corrected chi connectivity index (χ4v) is 6.08. The van der Waals surface area contributed by atoms with Crippen LogP contribution in [0.5, 0.6) is 0 Å². The quantitative estimate of drug-likeness (QED) is 0.298. The lowest BCUT2D eigenvalue weighted by Gasteiger charge is -2.26. The molecule has 2 aromatic heterocycles. The van der Waals surface area contributed by atoms with Gasteiger partial charge in [0.2, 0.25) is 5.91 Å². The van der Waals surface area contributed by atoms with Crippen LogP contribution in [0.15, 0.2) is 6.20 Å². The summed E-state index contributed by atoms with van der Waals surface area (Å²) < 4.78 is 12.9. The highest BCUT2D eigenvalue weighted by molar-refractivity contribution is 5.91. The highest BCUT2D eigenvalue weighted by Gasteiger charge is 2.24. The van der Waals surface area contributed by atoms with Crippen LogP contribution in [-0.4, -0.2) is 77.7 Å². The van der Waals surface area contributed by atoms with E-state index in [1.807, 2.05) is 10.9 Å². The average Bonchev–Trinajstić information content (AvgIpc) is 3.58. The van der Waals surface area contributed by atoms with E-state index in [1.54, 1.807) is 7.11 Å². The van der Waals surface area contributed by atoms with E-state index in [0.717, 1.165) is 86.4 Å². The molecule has 39 heavy (non-hydrogen) atoms. The molecule has 4 rings (SSSR count). The molecule has 0 aromatic carbocycles. The van der Waals surface area contributed by atoms with Crippen molar-refractivity contribution in [1.82, 2.24) is 25.0 Å². The number of amides is 1. The van der Waals surface area contributed by atoms with Crippen molar-refractivity contribution in [3.05, 3.63) is 17.5 Å². The van der Waals surface area contributed by atoms with Gasteiger partial charge in [-0.2, -0.15) is 5.10 Å². The van der Waals surface area contributed by atoms with Crippen LogP contribution in [0.1, 0.15) is 89.3 Å². The molecule has 4 heterocycles. The van der Waals surface area contributed by atoms with Gasteiger partial charge in [0, 0.05) is 63.2 Å². The molecule has 1 amide bonds. The van der Waals surface area contributed by atoms with Crippen molar-refractivity contribution in [3.8, 4) is 0 Å². The van der Waals surface area contributed by atoms with Crippen molar-refractivity contribution in [2.75, 3.05) is 45.3 Å². The number of fused-ring (bicyclic) bond motifs is 1. The van der Waals surface area contributed by atoms with Crippen LogP contribution >= 0.6 is 0 Å². The van der Waals surface area contributed by atoms with E-state index in [2.05, 4.69) is 34.5 Å². The summed E-state index contributed by atoms with van der Waals surface area (Å²) in [6.45, 7) is 10.3. The molecule has 0 radical (unpaired) electrons. The summed E-state index contributed by atoms with van der Waals surface area (Å²) in [7, 11) is 1.80. The van der Waals surface area contributed by atoms with Crippen LogP contribution in [-0.2, 0) is 33.8 Å². The van der Waals surface area contributed by atoms with E-state index < -0.39 is 0 Å². The van der Waals surface area contributed by atoms with Gasteiger partial charge in [-0.1, -0.05) is 26.2 Å². The Kier molecular flexibility index (Phi) is 11.8. The molecule has 2 fully saturated rings. The Hall–Kier alpha value is -2.23. The second-order valence-corrected chi connectivity index (χ2v) is 11.1. The third-order valence-corrected chi connectivity index (χ3v) is 8.35. The number of pyridine rings is 1. The van der Waals surface area contributed by atoms with Crippen LogP contribution in [0.3, 0.4) is 0 Å². The zero-order valence-electron chi connectivity index (χ0n) is 24.5. The molecule has 9 nitrogen and oxygen atoms in total. The summed E-state index contributed by atoms with van der Waals surface area (Å²) in [4.78, 5) is 20.4. The maximum Gasteiger partial charge on any atom is 0.220 e. The lowest BCUT2D eigenvalue weighted by atomic mass is 10.0. The number of likely N-dealkylation sites (tertiary alicyclic amines) is 1. The van der Waals surface area contributed by atoms with Crippen LogP contribution in [0.2, 0.25) is 0 Å². The van der Waals surface area contributed by atoms with Gasteiger partial charge in [0.15, 0.2) is 5.65 Å². The molecular formula is C30H50N6O3. The Morgan fingerprint density at radius 3 is 2.69 bits per heavy atom. The Morgan fingerprint density at radius 2 is 1.92 bits per heavy atom. The lowest BCUT2D eigenvalue weighted by molar-refractivity contribution is -0.121. The van der Waals surface area contributed by atoms with Crippen molar-refractivity contribution >= 4 is 22.6 Å². The van der Waals surface area contributed by atoms with Gasteiger partial charge >= 0.3 is 0 Å². The maximum absolute atomic E-state index is 12.8. The van der Waals surface area contributed by atoms with Crippen molar-refractivity contribution in [2.45, 2.75) is 110 Å². The molecule has 0 spiro atoms. The van der Waals surface area contributed by atoms with Gasteiger partial charge in [-0.15, -0.1) is 0 Å². The molecule has 2 N–H and O–H groups in total. The van der Waals surface area contributed by atoms with E-state index in [-0.39, 0.29) is 5.91 Å². The lowest BCUT2D eigenvalue weighted by Crippen LogP contribution is -2.33.